The molecule has 1 aliphatic rings. The molecule has 0 atom stereocenters. The lowest BCUT2D eigenvalue weighted by atomic mass is 9.92. The zero-order valence-electron chi connectivity index (χ0n) is 16.5. The summed E-state index contributed by atoms with van der Waals surface area (Å²) < 4.78 is 7.95. The normalized spacial score (nSPS) is 21.3. The van der Waals surface area contributed by atoms with E-state index in [1.807, 2.05) is 6.20 Å². The Balaban J connectivity index is 1.70. The number of fused-ring (bicyclic) bond motifs is 1. The third-order valence-corrected chi connectivity index (χ3v) is 7.01. The monoisotopic (exact) mass is 376 g/mol. The maximum absolute atomic E-state index is 9.75. The lowest BCUT2D eigenvalue weighted by molar-refractivity contribution is 0.0899. The summed E-state index contributed by atoms with van der Waals surface area (Å²) in [6.07, 6.45) is 7.29. The first-order valence-corrected chi connectivity index (χ1v) is 13.3. The molecule has 1 saturated carbocycles. The number of anilines is 1. The molecule has 6 nitrogen and oxygen atoms in total. The number of hydrogen-bond acceptors (Lipinski definition) is 5. The van der Waals surface area contributed by atoms with Crippen molar-refractivity contribution in [2.24, 2.45) is 0 Å². The minimum Gasteiger partial charge on any atom is -0.393 e. The van der Waals surface area contributed by atoms with E-state index in [2.05, 4.69) is 52.2 Å². The molecule has 26 heavy (non-hydrogen) atoms. The van der Waals surface area contributed by atoms with E-state index in [0.717, 1.165) is 49.1 Å². The molecular formula is C19H32N4O2Si. The van der Waals surface area contributed by atoms with Gasteiger partial charge in [0.1, 0.15) is 24.5 Å². The first-order chi connectivity index (χ1) is 12.3. The second-order valence-corrected chi connectivity index (χ2v) is 14.3. The summed E-state index contributed by atoms with van der Waals surface area (Å²) in [6.45, 7) is 8.42. The van der Waals surface area contributed by atoms with Gasteiger partial charge in [-0.25, -0.2) is 9.97 Å². The SMILES string of the molecule is CN(c1ncnc2c1ccn2COCC[Si](C)(C)C)C1CCC(O)CC1. The molecule has 2 aromatic rings. The van der Waals surface area contributed by atoms with Crippen molar-refractivity contribution in [1.82, 2.24) is 14.5 Å². The Bertz CT molecular complexity index is 720. The second kappa shape index (κ2) is 8.06. The Labute approximate surface area is 157 Å². The van der Waals surface area contributed by atoms with Crippen LogP contribution >= 0.6 is 0 Å². The molecule has 144 valence electrons. The van der Waals surface area contributed by atoms with Gasteiger partial charge in [-0.2, -0.15) is 0 Å². The number of nitrogens with zero attached hydrogens (tertiary/aromatic N) is 4. The molecule has 0 radical (unpaired) electrons. The van der Waals surface area contributed by atoms with Gasteiger partial charge in [-0.1, -0.05) is 19.6 Å². The number of aliphatic hydroxyl groups is 1. The highest BCUT2D eigenvalue weighted by atomic mass is 28.3. The molecule has 0 saturated heterocycles. The second-order valence-electron chi connectivity index (χ2n) is 8.64. The van der Waals surface area contributed by atoms with Gasteiger partial charge in [0.05, 0.1) is 11.5 Å². The third-order valence-electron chi connectivity index (χ3n) is 5.31. The van der Waals surface area contributed by atoms with Crippen LogP contribution in [-0.4, -0.2) is 53.5 Å². The summed E-state index contributed by atoms with van der Waals surface area (Å²) in [5.41, 5.74) is 0.922. The van der Waals surface area contributed by atoms with Crippen LogP contribution in [0.15, 0.2) is 18.6 Å². The lowest BCUT2D eigenvalue weighted by Crippen LogP contribution is -2.36. The minimum atomic E-state index is -1.07. The highest BCUT2D eigenvalue weighted by molar-refractivity contribution is 6.76. The molecule has 0 amide bonds. The van der Waals surface area contributed by atoms with Crippen molar-refractivity contribution in [1.29, 1.82) is 0 Å². The van der Waals surface area contributed by atoms with Crippen LogP contribution in [0.3, 0.4) is 0 Å². The standard InChI is InChI=1S/C19H32N4O2Si/c1-22(15-5-7-16(24)8-6-15)18-17-9-10-23(19(17)21-13-20-18)14-25-11-12-26(2,3)4/h9-10,13,15-16,24H,5-8,11-12,14H2,1-4H3. The van der Waals surface area contributed by atoms with Gasteiger partial charge in [-0.05, 0) is 37.8 Å². The first kappa shape index (κ1) is 19.3. The van der Waals surface area contributed by atoms with E-state index in [0.29, 0.717) is 12.8 Å². The molecule has 1 aliphatic carbocycles. The van der Waals surface area contributed by atoms with Crippen molar-refractivity contribution in [2.45, 2.75) is 70.2 Å². The molecule has 7 heteroatoms. The largest absolute Gasteiger partial charge is 0.393 e. The van der Waals surface area contributed by atoms with Crippen molar-refractivity contribution in [2.75, 3.05) is 18.6 Å². The van der Waals surface area contributed by atoms with Crippen molar-refractivity contribution < 1.29 is 9.84 Å². The topological polar surface area (TPSA) is 63.4 Å². The molecule has 0 aliphatic heterocycles. The minimum absolute atomic E-state index is 0.139. The van der Waals surface area contributed by atoms with Crippen LogP contribution in [-0.2, 0) is 11.5 Å². The van der Waals surface area contributed by atoms with E-state index in [1.54, 1.807) is 6.33 Å². The number of hydrogen-bond donors (Lipinski definition) is 1. The van der Waals surface area contributed by atoms with Crippen molar-refractivity contribution in [3.8, 4) is 0 Å². The zero-order valence-corrected chi connectivity index (χ0v) is 17.5. The van der Waals surface area contributed by atoms with Gasteiger partial charge in [-0.3, -0.25) is 0 Å². The maximum Gasteiger partial charge on any atom is 0.147 e. The summed E-state index contributed by atoms with van der Waals surface area (Å²) in [6, 6.07) is 3.68. The van der Waals surface area contributed by atoms with E-state index < -0.39 is 8.07 Å². The number of ether oxygens (including phenoxy) is 1. The Hall–Kier alpha value is -1.44. The summed E-state index contributed by atoms with van der Waals surface area (Å²) in [4.78, 5) is 11.3. The van der Waals surface area contributed by atoms with Crippen molar-refractivity contribution in [3.05, 3.63) is 18.6 Å². The molecule has 0 bridgehead atoms. The Morgan fingerprint density at radius 1 is 1.23 bits per heavy atom. The van der Waals surface area contributed by atoms with Crippen LogP contribution in [0.4, 0.5) is 5.82 Å². The predicted octanol–water partition coefficient (Wildman–Crippen LogP) is 3.48. The van der Waals surface area contributed by atoms with E-state index >= 15 is 0 Å². The summed E-state index contributed by atoms with van der Waals surface area (Å²) >= 11 is 0. The molecule has 0 spiro atoms. The number of rotatable bonds is 7. The van der Waals surface area contributed by atoms with Gasteiger partial charge in [0, 0.05) is 34.0 Å². The average Bonchev–Trinajstić information content (AvgIpc) is 3.01. The molecule has 1 N–H and O–H groups in total. The van der Waals surface area contributed by atoms with Gasteiger partial charge in [0.2, 0.25) is 0 Å². The average molecular weight is 377 g/mol. The molecular weight excluding hydrogens is 344 g/mol. The van der Waals surface area contributed by atoms with Crippen molar-refractivity contribution >= 4 is 24.9 Å². The number of aliphatic hydroxyl groups excluding tert-OH is 1. The maximum atomic E-state index is 9.75. The Morgan fingerprint density at radius 2 is 1.96 bits per heavy atom. The predicted molar refractivity (Wildman–Crippen MR) is 108 cm³/mol. The Morgan fingerprint density at radius 3 is 2.65 bits per heavy atom. The third kappa shape index (κ3) is 4.63. The van der Waals surface area contributed by atoms with Crippen LogP contribution in [0.5, 0.6) is 0 Å². The van der Waals surface area contributed by atoms with Crippen LogP contribution in [0.25, 0.3) is 11.0 Å². The fraction of sp³-hybridized carbons (Fsp3) is 0.684. The fourth-order valence-electron chi connectivity index (χ4n) is 3.54. The number of aromatic nitrogens is 3. The fourth-order valence-corrected chi connectivity index (χ4v) is 4.29. The smallest absolute Gasteiger partial charge is 0.147 e. The highest BCUT2D eigenvalue weighted by Crippen LogP contribution is 2.29. The summed E-state index contributed by atoms with van der Waals surface area (Å²) in [5.74, 6) is 0.970. The quantitative estimate of drug-likeness (QED) is 0.592. The summed E-state index contributed by atoms with van der Waals surface area (Å²) in [5, 5.41) is 10.8. The molecule has 0 unspecified atom stereocenters. The highest BCUT2D eigenvalue weighted by Gasteiger charge is 2.25. The van der Waals surface area contributed by atoms with Gasteiger partial charge < -0.3 is 19.3 Å². The molecule has 3 rings (SSSR count). The van der Waals surface area contributed by atoms with Crippen LogP contribution in [0.1, 0.15) is 25.7 Å². The molecule has 0 aromatic carbocycles. The van der Waals surface area contributed by atoms with Crippen LogP contribution < -0.4 is 4.90 Å². The summed E-state index contributed by atoms with van der Waals surface area (Å²) in [7, 11) is 1.04. The molecule has 2 aromatic heterocycles. The van der Waals surface area contributed by atoms with Crippen LogP contribution in [0.2, 0.25) is 25.7 Å². The van der Waals surface area contributed by atoms with E-state index in [9.17, 15) is 5.11 Å². The van der Waals surface area contributed by atoms with Crippen LogP contribution in [0, 0.1) is 0 Å². The van der Waals surface area contributed by atoms with Gasteiger partial charge in [0.15, 0.2) is 0 Å². The first-order valence-electron chi connectivity index (χ1n) is 9.63. The van der Waals surface area contributed by atoms with Gasteiger partial charge >= 0.3 is 0 Å². The van der Waals surface area contributed by atoms with Gasteiger partial charge in [0.25, 0.3) is 0 Å². The van der Waals surface area contributed by atoms with Crippen molar-refractivity contribution in [3.63, 3.8) is 0 Å². The zero-order chi connectivity index (χ0) is 18.7. The Kier molecular flexibility index (Phi) is 5.99. The van der Waals surface area contributed by atoms with E-state index in [1.165, 1.54) is 6.04 Å². The molecule has 1 fully saturated rings. The van der Waals surface area contributed by atoms with E-state index in [-0.39, 0.29) is 6.10 Å². The lowest BCUT2D eigenvalue weighted by Gasteiger charge is -2.34. The molecule has 2 heterocycles. The van der Waals surface area contributed by atoms with Gasteiger partial charge in [-0.15, -0.1) is 0 Å². The van der Waals surface area contributed by atoms with E-state index in [4.69, 9.17) is 4.74 Å².